The summed E-state index contributed by atoms with van der Waals surface area (Å²) in [5, 5.41) is 7.66. The van der Waals surface area contributed by atoms with Gasteiger partial charge in [0.2, 0.25) is 5.91 Å². The topological polar surface area (TPSA) is 72.9 Å². The maximum Gasteiger partial charge on any atom is 0.237 e. The summed E-state index contributed by atoms with van der Waals surface area (Å²) < 4.78 is 1.80. The SMILES string of the molecule is Cn1cc(CNC(C)(C)C(N)=O)c(C(C)(C)C)n1. The van der Waals surface area contributed by atoms with Gasteiger partial charge in [-0.15, -0.1) is 0 Å². The summed E-state index contributed by atoms with van der Waals surface area (Å²) >= 11 is 0. The molecule has 0 saturated carbocycles. The quantitative estimate of drug-likeness (QED) is 0.842. The molecule has 0 atom stereocenters. The van der Waals surface area contributed by atoms with Gasteiger partial charge < -0.3 is 5.73 Å². The van der Waals surface area contributed by atoms with Crippen LogP contribution in [0, 0.1) is 0 Å². The number of nitrogens with one attached hydrogen (secondary N) is 1. The van der Waals surface area contributed by atoms with Crippen molar-refractivity contribution in [3.8, 4) is 0 Å². The fourth-order valence-electron chi connectivity index (χ4n) is 1.70. The number of carbonyl (C=O) groups is 1. The van der Waals surface area contributed by atoms with Crippen LogP contribution < -0.4 is 11.1 Å². The molecule has 1 rings (SSSR count). The van der Waals surface area contributed by atoms with Crippen molar-refractivity contribution in [1.29, 1.82) is 0 Å². The van der Waals surface area contributed by atoms with Crippen LogP contribution in [0.2, 0.25) is 0 Å². The van der Waals surface area contributed by atoms with Gasteiger partial charge in [-0.2, -0.15) is 5.10 Å². The molecule has 0 unspecified atom stereocenters. The third kappa shape index (κ3) is 3.32. The molecule has 0 aromatic carbocycles. The number of rotatable bonds is 4. The van der Waals surface area contributed by atoms with Crippen LogP contribution in [-0.4, -0.2) is 21.2 Å². The maximum absolute atomic E-state index is 11.3. The Labute approximate surface area is 109 Å². The number of aryl methyl sites for hydroxylation is 1. The van der Waals surface area contributed by atoms with E-state index in [9.17, 15) is 4.79 Å². The first-order chi connectivity index (χ1) is 8.04. The summed E-state index contributed by atoms with van der Waals surface area (Å²) in [5.74, 6) is -0.358. The molecular formula is C13H24N4O. The molecule has 5 nitrogen and oxygen atoms in total. The minimum atomic E-state index is -0.717. The highest BCUT2D eigenvalue weighted by Crippen LogP contribution is 2.24. The molecule has 0 spiro atoms. The van der Waals surface area contributed by atoms with Crippen molar-refractivity contribution in [2.75, 3.05) is 0 Å². The normalized spacial score (nSPS) is 12.8. The number of carbonyl (C=O) groups excluding carboxylic acids is 1. The number of nitrogens with zero attached hydrogens (tertiary/aromatic N) is 2. The van der Waals surface area contributed by atoms with Crippen LogP contribution >= 0.6 is 0 Å². The van der Waals surface area contributed by atoms with Gasteiger partial charge in [0.25, 0.3) is 0 Å². The molecule has 5 heteroatoms. The summed E-state index contributed by atoms with van der Waals surface area (Å²) in [6, 6.07) is 0. The van der Waals surface area contributed by atoms with E-state index in [-0.39, 0.29) is 11.3 Å². The van der Waals surface area contributed by atoms with Crippen molar-refractivity contribution >= 4 is 5.91 Å². The minimum Gasteiger partial charge on any atom is -0.368 e. The predicted octanol–water partition coefficient (Wildman–Crippen LogP) is 1.07. The fraction of sp³-hybridized carbons (Fsp3) is 0.692. The third-order valence-electron chi connectivity index (χ3n) is 2.95. The van der Waals surface area contributed by atoms with Crippen LogP contribution in [0.3, 0.4) is 0 Å². The van der Waals surface area contributed by atoms with Crippen LogP contribution in [0.25, 0.3) is 0 Å². The van der Waals surface area contributed by atoms with E-state index in [1.54, 1.807) is 18.5 Å². The summed E-state index contributed by atoms with van der Waals surface area (Å²) in [6.07, 6.45) is 1.98. The van der Waals surface area contributed by atoms with Gasteiger partial charge in [-0.3, -0.25) is 14.8 Å². The van der Waals surface area contributed by atoms with E-state index >= 15 is 0 Å². The molecule has 1 aromatic rings. The van der Waals surface area contributed by atoms with Crippen molar-refractivity contribution in [1.82, 2.24) is 15.1 Å². The van der Waals surface area contributed by atoms with Crippen molar-refractivity contribution < 1.29 is 4.79 Å². The van der Waals surface area contributed by atoms with E-state index < -0.39 is 5.54 Å². The van der Waals surface area contributed by atoms with Crippen LogP contribution in [0.5, 0.6) is 0 Å². The Bertz CT molecular complexity index is 440. The Kier molecular flexibility index (Phi) is 3.86. The van der Waals surface area contributed by atoms with E-state index in [0.29, 0.717) is 6.54 Å². The zero-order chi connectivity index (χ0) is 14.1. The standard InChI is InChI=1S/C13H24N4O/c1-12(2,3)10-9(8-17(6)16-10)7-15-13(4,5)11(14)18/h8,15H,7H2,1-6H3,(H2,14,18). The van der Waals surface area contributed by atoms with Gasteiger partial charge in [0.15, 0.2) is 0 Å². The predicted molar refractivity (Wildman–Crippen MR) is 72.0 cm³/mol. The first-order valence-corrected chi connectivity index (χ1v) is 6.12. The lowest BCUT2D eigenvalue weighted by atomic mass is 9.89. The average Bonchev–Trinajstić information content (AvgIpc) is 2.56. The highest BCUT2D eigenvalue weighted by molar-refractivity contribution is 5.83. The summed E-state index contributed by atoms with van der Waals surface area (Å²) in [7, 11) is 1.90. The van der Waals surface area contributed by atoms with Crippen LogP contribution in [0.15, 0.2) is 6.20 Å². The van der Waals surface area contributed by atoms with Gasteiger partial charge >= 0.3 is 0 Å². The number of hydrogen-bond acceptors (Lipinski definition) is 3. The Morgan fingerprint density at radius 2 is 1.94 bits per heavy atom. The second-order valence-corrected chi connectivity index (χ2v) is 6.27. The number of nitrogens with two attached hydrogens (primary N) is 1. The van der Waals surface area contributed by atoms with Crippen molar-refractivity contribution in [2.24, 2.45) is 12.8 Å². The van der Waals surface area contributed by atoms with E-state index in [0.717, 1.165) is 11.3 Å². The molecule has 1 heterocycles. The minimum absolute atomic E-state index is 0.0187. The van der Waals surface area contributed by atoms with Gasteiger partial charge in [-0.25, -0.2) is 0 Å². The number of amides is 1. The molecule has 0 fully saturated rings. The van der Waals surface area contributed by atoms with E-state index in [1.165, 1.54) is 0 Å². The lowest BCUT2D eigenvalue weighted by molar-refractivity contribution is -0.123. The molecule has 0 aliphatic carbocycles. The van der Waals surface area contributed by atoms with Gasteiger partial charge in [-0.1, -0.05) is 20.8 Å². The smallest absolute Gasteiger partial charge is 0.237 e. The average molecular weight is 252 g/mol. The van der Waals surface area contributed by atoms with Gasteiger partial charge in [-0.05, 0) is 13.8 Å². The summed E-state index contributed by atoms with van der Waals surface area (Å²) in [4.78, 5) is 11.3. The third-order valence-corrected chi connectivity index (χ3v) is 2.95. The zero-order valence-corrected chi connectivity index (χ0v) is 12.2. The highest BCUT2D eigenvalue weighted by Gasteiger charge is 2.26. The summed E-state index contributed by atoms with van der Waals surface area (Å²) in [5.41, 5.74) is 6.74. The monoisotopic (exact) mass is 252 g/mol. The Morgan fingerprint density at radius 1 is 1.39 bits per heavy atom. The molecular weight excluding hydrogens is 228 g/mol. The highest BCUT2D eigenvalue weighted by atomic mass is 16.1. The van der Waals surface area contributed by atoms with Crippen molar-refractivity contribution in [3.63, 3.8) is 0 Å². The number of primary amides is 1. The molecule has 1 amide bonds. The lowest BCUT2D eigenvalue weighted by Crippen LogP contribution is -2.50. The molecule has 0 saturated heterocycles. The molecule has 102 valence electrons. The van der Waals surface area contributed by atoms with Crippen molar-refractivity contribution in [2.45, 2.75) is 52.1 Å². The number of hydrogen-bond donors (Lipinski definition) is 2. The first-order valence-electron chi connectivity index (χ1n) is 6.12. The largest absolute Gasteiger partial charge is 0.368 e. The molecule has 0 aliphatic heterocycles. The molecule has 18 heavy (non-hydrogen) atoms. The van der Waals surface area contributed by atoms with Gasteiger partial charge in [0, 0.05) is 30.8 Å². The van der Waals surface area contributed by atoms with Gasteiger partial charge in [0.1, 0.15) is 0 Å². The lowest BCUT2D eigenvalue weighted by Gasteiger charge is -2.23. The second-order valence-electron chi connectivity index (χ2n) is 6.27. The van der Waals surface area contributed by atoms with E-state index in [1.807, 2.05) is 13.2 Å². The van der Waals surface area contributed by atoms with Crippen LogP contribution in [-0.2, 0) is 23.8 Å². The molecule has 3 N–H and O–H groups in total. The second kappa shape index (κ2) is 4.72. The Morgan fingerprint density at radius 3 is 2.39 bits per heavy atom. The van der Waals surface area contributed by atoms with Crippen molar-refractivity contribution in [3.05, 3.63) is 17.5 Å². The first kappa shape index (κ1) is 14.7. The van der Waals surface area contributed by atoms with E-state index in [4.69, 9.17) is 5.73 Å². The van der Waals surface area contributed by atoms with Gasteiger partial charge in [0.05, 0.1) is 11.2 Å². The Balaban J connectivity index is 2.89. The molecule has 0 radical (unpaired) electrons. The van der Waals surface area contributed by atoms with E-state index in [2.05, 4.69) is 31.2 Å². The maximum atomic E-state index is 11.3. The van der Waals surface area contributed by atoms with Crippen LogP contribution in [0.1, 0.15) is 45.9 Å². The Hall–Kier alpha value is -1.36. The molecule has 0 bridgehead atoms. The fourth-order valence-corrected chi connectivity index (χ4v) is 1.70. The number of aromatic nitrogens is 2. The zero-order valence-electron chi connectivity index (χ0n) is 12.2. The van der Waals surface area contributed by atoms with Crippen LogP contribution in [0.4, 0.5) is 0 Å². The molecule has 1 aromatic heterocycles. The summed E-state index contributed by atoms with van der Waals surface area (Å²) in [6.45, 7) is 10.5. The molecule has 0 aliphatic rings.